The van der Waals surface area contributed by atoms with Crippen LogP contribution in [-0.4, -0.2) is 38.7 Å². The van der Waals surface area contributed by atoms with Gasteiger partial charge in [0.2, 0.25) is 0 Å². The zero-order valence-electron chi connectivity index (χ0n) is 15.6. The summed E-state index contributed by atoms with van der Waals surface area (Å²) < 4.78 is 30.3. The molecule has 1 atom stereocenters. The highest BCUT2D eigenvalue weighted by Gasteiger charge is 2.30. The molecule has 3 rings (SSSR count). The number of carbonyl (C=O) groups excluding carboxylic acids is 2. The standard InChI is InChI=1S/C20H21FN2O5/c1-20(26-2,14-5-3-4-6-15(14)21)12-22-18(24)19(25)23-13-7-8-16-17(11-13)28-10-9-27-16/h3-8,11H,9-10,12H2,1-2H3,(H,22,24)(H,23,25). The first kappa shape index (κ1) is 19.6. The number of anilines is 1. The molecule has 0 saturated carbocycles. The molecule has 2 aromatic carbocycles. The number of rotatable bonds is 5. The molecule has 8 heteroatoms. The first-order chi connectivity index (χ1) is 13.4. The van der Waals surface area contributed by atoms with E-state index in [2.05, 4.69) is 10.6 Å². The molecule has 0 spiro atoms. The molecule has 1 heterocycles. The molecule has 0 radical (unpaired) electrons. The number of carbonyl (C=O) groups is 2. The Kier molecular flexibility index (Phi) is 5.79. The van der Waals surface area contributed by atoms with E-state index in [1.54, 1.807) is 43.3 Å². The summed E-state index contributed by atoms with van der Waals surface area (Å²) in [7, 11) is 1.41. The Morgan fingerprint density at radius 1 is 1.11 bits per heavy atom. The number of amides is 2. The predicted octanol–water partition coefficient (Wildman–Crippen LogP) is 2.21. The highest BCUT2D eigenvalue weighted by Crippen LogP contribution is 2.32. The minimum Gasteiger partial charge on any atom is -0.486 e. The number of methoxy groups -OCH3 is 1. The third-order valence-corrected chi connectivity index (χ3v) is 4.49. The van der Waals surface area contributed by atoms with E-state index in [-0.39, 0.29) is 12.1 Å². The van der Waals surface area contributed by atoms with Crippen LogP contribution in [0.2, 0.25) is 0 Å². The number of fused-ring (bicyclic) bond motifs is 1. The Morgan fingerprint density at radius 2 is 1.82 bits per heavy atom. The lowest BCUT2D eigenvalue weighted by Gasteiger charge is -2.29. The molecule has 1 aliphatic rings. The van der Waals surface area contributed by atoms with Crippen molar-refractivity contribution in [3.05, 3.63) is 53.8 Å². The van der Waals surface area contributed by atoms with Crippen molar-refractivity contribution in [1.82, 2.24) is 5.32 Å². The fourth-order valence-corrected chi connectivity index (χ4v) is 2.81. The smallest absolute Gasteiger partial charge is 0.313 e. The maximum absolute atomic E-state index is 14.1. The molecule has 28 heavy (non-hydrogen) atoms. The van der Waals surface area contributed by atoms with Crippen molar-refractivity contribution in [2.24, 2.45) is 0 Å². The van der Waals surface area contributed by atoms with Gasteiger partial charge in [-0.3, -0.25) is 9.59 Å². The van der Waals surface area contributed by atoms with Crippen LogP contribution in [0.3, 0.4) is 0 Å². The summed E-state index contributed by atoms with van der Waals surface area (Å²) in [5, 5.41) is 4.98. The van der Waals surface area contributed by atoms with Crippen LogP contribution in [0.25, 0.3) is 0 Å². The number of benzene rings is 2. The predicted molar refractivity (Wildman–Crippen MR) is 99.8 cm³/mol. The van der Waals surface area contributed by atoms with E-state index in [0.29, 0.717) is 30.4 Å². The summed E-state index contributed by atoms with van der Waals surface area (Å²) in [6.07, 6.45) is 0. The average Bonchev–Trinajstić information content (AvgIpc) is 2.72. The number of ether oxygens (including phenoxy) is 3. The molecule has 0 aliphatic carbocycles. The molecule has 0 bridgehead atoms. The Morgan fingerprint density at radius 3 is 2.54 bits per heavy atom. The van der Waals surface area contributed by atoms with Gasteiger partial charge in [-0.15, -0.1) is 0 Å². The molecule has 2 amide bonds. The van der Waals surface area contributed by atoms with Crippen LogP contribution in [0.5, 0.6) is 11.5 Å². The molecular formula is C20H21FN2O5. The molecule has 2 N–H and O–H groups in total. The zero-order chi connectivity index (χ0) is 20.1. The Bertz CT molecular complexity index is 889. The van der Waals surface area contributed by atoms with Crippen molar-refractivity contribution < 1.29 is 28.2 Å². The molecule has 2 aromatic rings. The van der Waals surface area contributed by atoms with Crippen molar-refractivity contribution >= 4 is 17.5 Å². The molecule has 0 aromatic heterocycles. The Hall–Kier alpha value is -3.13. The van der Waals surface area contributed by atoms with Crippen molar-refractivity contribution in [3.63, 3.8) is 0 Å². The summed E-state index contributed by atoms with van der Waals surface area (Å²) in [4.78, 5) is 24.4. The third kappa shape index (κ3) is 4.23. The lowest BCUT2D eigenvalue weighted by Crippen LogP contribution is -2.44. The fraction of sp³-hybridized carbons (Fsp3) is 0.300. The number of nitrogens with one attached hydrogen (secondary N) is 2. The molecule has 1 unspecified atom stereocenters. The number of hydrogen-bond acceptors (Lipinski definition) is 5. The topological polar surface area (TPSA) is 85.9 Å². The summed E-state index contributed by atoms with van der Waals surface area (Å²) in [5.41, 5.74) is -0.448. The van der Waals surface area contributed by atoms with Gasteiger partial charge >= 0.3 is 11.8 Å². The summed E-state index contributed by atoms with van der Waals surface area (Å²) in [5.74, 6) is -1.11. The SMILES string of the molecule is COC(C)(CNC(=O)C(=O)Nc1ccc2c(c1)OCCO2)c1ccccc1F. The van der Waals surface area contributed by atoms with Crippen LogP contribution in [0.15, 0.2) is 42.5 Å². The van der Waals surface area contributed by atoms with E-state index in [1.165, 1.54) is 13.2 Å². The lowest BCUT2D eigenvalue weighted by atomic mass is 9.95. The van der Waals surface area contributed by atoms with Crippen LogP contribution in [0, 0.1) is 5.82 Å². The van der Waals surface area contributed by atoms with Gasteiger partial charge in [0.15, 0.2) is 11.5 Å². The summed E-state index contributed by atoms with van der Waals surface area (Å²) in [6, 6.07) is 11.0. The van der Waals surface area contributed by atoms with Gasteiger partial charge in [0.05, 0.1) is 6.54 Å². The molecular weight excluding hydrogens is 367 g/mol. The maximum atomic E-state index is 14.1. The quantitative estimate of drug-likeness (QED) is 0.767. The van der Waals surface area contributed by atoms with E-state index in [1.807, 2.05) is 0 Å². The normalized spacial score (nSPS) is 14.7. The van der Waals surface area contributed by atoms with Crippen molar-refractivity contribution in [2.45, 2.75) is 12.5 Å². The highest BCUT2D eigenvalue weighted by molar-refractivity contribution is 6.39. The van der Waals surface area contributed by atoms with Gasteiger partial charge in [-0.1, -0.05) is 18.2 Å². The number of hydrogen-bond donors (Lipinski definition) is 2. The van der Waals surface area contributed by atoms with Gasteiger partial charge in [-0.2, -0.15) is 0 Å². The zero-order valence-corrected chi connectivity index (χ0v) is 15.6. The summed E-state index contributed by atoms with van der Waals surface area (Å²) in [6.45, 7) is 2.42. The second-order valence-electron chi connectivity index (χ2n) is 6.41. The van der Waals surface area contributed by atoms with E-state index in [0.717, 1.165) is 0 Å². The lowest BCUT2D eigenvalue weighted by molar-refractivity contribution is -0.137. The monoisotopic (exact) mass is 388 g/mol. The van der Waals surface area contributed by atoms with Gasteiger partial charge in [-0.05, 0) is 25.1 Å². The first-order valence-corrected chi connectivity index (χ1v) is 8.72. The van der Waals surface area contributed by atoms with Gasteiger partial charge in [0, 0.05) is 24.4 Å². The van der Waals surface area contributed by atoms with Crippen molar-refractivity contribution in [2.75, 3.05) is 32.2 Å². The first-order valence-electron chi connectivity index (χ1n) is 8.72. The number of halogens is 1. The van der Waals surface area contributed by atoms with Gasteiger partial charge in [0.1, 0.15) is 24.6 Å². The Labute approximate surface area is 161 Å². The summed E-state index contributed by atoms with van der Waals surface area (Å²) >= 11 is 0. The third-order valence-electron chi connectivity index (χ3n) is 4.49. The minimum atomic E-state index is -1.13. The van der Waals surface area contributed by atoms with Gasteiger partial charge < -0.3 is 24.8 Å². The van der Waals surface area contributed by atoms with Crippen molar-refractivity contribution in [1.29, 1.82) is 0 Å². The van der Waals surface area contributed by atoms with Crippen LogP contribution in [-0.2, 0) is 19.9 Å². The van der Waals surface area contributed by atoms with Crippen LogP contribution in [0.1, 0.15) is 12.5 Å². The van der Waals surface area contributed by atoms with Crippen LogP contribution < -0.4 is 20.1 Å². The van der Waals surface area contributed by atoms with Gasteiger partial charge in [0.25, 0.3) is 0 Å². The van der Waals surface area contributed by atoms with Crippen LogP contribution >= 0.6 is 0 Å². The molecule has 0 fully saturated rings. The fourth-order valence-electron chi connectivity index (χ4n) is 2.81. The highest BCUT2D eigenvalue weighted by atomic mass is 19.1. The maximum Gasteiger partial charge on any atom is 0.313 e. The van der Waals surface area contributed by atoms with Crippen molar-refractivity contribution in [3.8, 4) is 11.5 Å². The van der Waals surface area contributed by atoms with E-state index >= 15 is 0 Å². The molecule has 148 valence electrons. The second kappa shape index (κ2) is 8.26. The van der Waals surface area contributed by atoms with E-state index in [4.69, 9.17) is 14.2 Å². The van der Waals surface area contributed by atoms with Crippen LogP contribution in [0.4, 0.5) is 10.1 Å². The average molecular weight is 388 g/mol. The molecule has 0 saturated heterocycles. The second-order valence-corrected chi connectivity index (χ2v) is 6.41. The van der Waals surface area contributed by atoms with Gasteiger partial charge in [-0.25, -0.2) is 4.39 Å². The minimum absolute atomic E-state index is 0.0855. The van der Waals surface area contributed by atoms with E-state index in [9.17, 15) is 14.0 Å². The van der Waals surface area contributed by atoms with E-state index < -0.39 is 23.2 Å². The Balaban J connectivity index is 1.62. The molecule has 1 aliphatic heterocycles. The molecule has 7 nitrogen and oxygen atoms in total. The largest absolute Gasteiger partial charge is 0.486 e.